The van der Waals surface area contributed by atoms with Gasteiger partial charge in [0.05, 0.1) is 43.4 Å². The minimum absolute atomic E-state index is 0.00333. The fraction of sp³-hybridized carbons (Fsp3) is 0.289. The number of imidazole rings is 1. The van der Waals surface area contributed by atoms with Gasteiger partial charge in [0.25, 0.3) is 17.4 Å². The molecule has 2 amide bonds. The standard InChI is InChI=1S/C45H45N7O9/c1-50(2)25-47-44-48-39-34(40(55)49-44)46-26-52(39)43-37(60-24-10-23-51-41(56)32-13-8-9-14-33(32)42(51)57)35(53)36(61-43)38(54)45(27-11-6-5-7-12-27,28-15-19-30(58-3)20-16-28)29-17-21-31(59-4)22-18-29/h5-9,11-22,25-26,35-38,43,53-54H,10,23-24H2,1-4H3,(H,48,49,55)/t35-,36+,37-,38?,43-/m1/s1. The first-order valence-corrected chi connectivity index (χ1v) is 19.7. The van der Waals surface area contributed by atoms with E-state index < -0.39 is 53.4 Å². The molecule has 1 unspecified atom stereocenters. The van der Waals surface area contributed by atoms with Crippen molar-refractivity contribution >= 4 is 35.3 Å². The summed E-state index contributed by atoms with van der Waals surface area (Å²) in [4.78, 5) is 58.2. The number of imide groups is 1. The van der Waals surface area contributed by atoms with Gasteiger partial charge in [-0.1, -0.05) is 66.7 Å². The van der Waals surface area contributed by atoms with E-state index in [1.165, 1.54) is 22.1 Å². The number of aromatic amines is 1. The summed E-state index contributed by atoms with van der Waals surface area (Å²) in [6.45, 7) is 0.0224. The van der Waals surface area contributed by atoms with Crippen molar-refractivity contribution in [2.45, 2.75) is 42.5 Å². The van der Waals surface area contributed by atoms with Gasteiger partial charge in [0.1, 0.15) is 35.9 Å². The lowest BCUT2D eigenvalue weighted by Crippen LogP contribution is -2.52. The number of carbonyl (C=O) groups excluding carboxylic acids is 2. The van der Waals surface area contributed by atoms with Crippen LogP contribution in [0.3, 0.4) is 0 Å². The summed E-state index contributed by atoms with van der Waals surface area (Å²) >= 11 is 0. The molecule has 8 rings (SSSR count). The quantitative estimate of drug-likeness (QED) is 0.0442. The van der Waals surface area contributed by atoms with Crippen molar-refractivity contribution in [2.75, 3.05) is 41.5 Å². The SMILES string of the molecule is COc1ccc(C(c2ccccc2)(c2ccc(OC)cc2)C(O)[C@H]2O[C@@H](n3cnc4c(=O)[nH]c(N=CN(C)C)nc43)[C@H](OCCCN3C(=O)c4ccccc4C3=O)[C@@H]2O)cc1. The van der Waals surface area contributed by atoms with Gasteiger partial charge in [0.2, 0.25) is 5.95 Å². The van der Waals surface area contributed by atoms with Gasteiger partial charge >= 0.3 is 0 Å². The fourth-order valence-electron chi connectivity index (χ4n) is 8.22. The number of hydrogen-bond donors (Lipinski definition) is 3. The van der Waals surface area contributed by atoms with Gasteiger partial charge in [-0.15, -0.1) is 0 Å². The maximum atomic E-state index is 13.3. The van der Waals surface area contributed by atoms with E-state index in [4.69, 9.17) is 18.9 Å². The number of ether oxygens (including phenoxy) is 4. The zero-order valence-electron chi connectivity index (χ0n) is 33.9. The van der Waals surface area contributed by atoms with E-state index >= 15 is 0 Å². The van der Waals surface area contributed by atoms with E-state index in [9.17, 15) is 24.6 Å². The van der Waals surface area contributed by atoms with Crippen molar-refractivity contribution in [1.82, 2.24) is 29.3 Å². The van der Waals surface area contributed by atoms with Crippen LogP contribution >= 0.6 is 0 Å². The molecule has 4 aromatic carbocycles. The molecular weight excluding hydrogens is 783 g/mol. The van der Waals surface area contributed by atoms with Crippen LogP contribution in [0.4, 0.5) is 5.95 Å². The molecule has 0 saturated carbocycles. The average molecular weight is 828 g/mol. The molecule has 2 aliphatic heterocycles. The van der Waals surface area contributed by atoms with Crippen LogP contribution in [-0.4, -0.2) is 124 Å². The first-order valence-electron chi connectivity index (χ1n) is 19.7. The third kappa shape index (κ3) is 7.43. The van der Waals surface area contributed by atoms with E-state index in [1.54, 1.807) is 81.7 Å². The van der Waals surface area contributed by atoms with Gasteiger partial charge in [-0.25, -0.2) is 9.98 Å². The maximum Gasteiger partial charge on any atom is 0.280 e. The molecule has 2 aromatic heterocycles. The number of benzene rings is 4. The van der Waals surface area contributed by atoms with Gasteiger partial charge in [-0.2, -0.15) is 4.98 Å². The number of carbonyl (C=O) groups is 2. The van der Waals surface area contributed by atoms with E-state index in [2.05, 4.69) is 19.9 Å². The van der Waals surface area contributed by atoms with Crippen LogP contribution in [0, 0.1) is 0 Å². The van der Waals surface area contributed by atoms with Crippen LogP contribution in [0.15, 0.2) is 119 Å². The van der Waals surface area contributed by atoms with Gasteiger partial charge in [-0.3, -0.25) is 28.8 Å². The first kappa shape index (κ1) is 41.0. The molecule has 61 heavy (non-hydrogen) atoms. The molecular formula is C45H45N7O9. The van der Waals surface area contributed by atoms with Crippen molar-refractivity contribution < 1.29 is 38.7 Å². The Morgan fingerprint density at radius 3 is 2.02 bits per heavy atom. The number of hydrogen-bond acceptors (Lipinski definition) is 12. The lowest BCUT2D eigenvalue weighted by atomic mass is 9.64. The third-order valence-electron chi connectivity index (χ3n) is 11.1. The molecule has 1 saturated heterocycles. The van der Waals surface area contributed by atoms with Crippen LogP contribution in [0.5, 0.6) is 11.5 Å². The van der Waals surface area contributed by atoms with E-state index in [0.29, 0.717) is 39.3 Å². The van der Waals surface area contributed by atoms with Crippen molar-refractivity contribution in [1.29, 1.82) is 0 Å². The Morgan fingerprint density at radius 1 is 0.869 bits per heavy atom. The summed E-state index contributed by atoms with van der Waals surface area (Å²) in [7, 11) is 6.68. The van der Waals surface area contributed by atoms with E-state index in [0.717, 1.165) is 0 Å². The molecule has 16 heteroatoms. The number of nitrogens with zero attached hydrogens (tertiary/aromatic N) is 6. The molecule has 0 radical (unpaired) electrons. The molecule has 16 nitrogen and oxygen atoms in total. The molecule has 4 heterocycles. The Kier molecular flexibility index (Phi) is 11.5. The topological polar surface area (TPSA) is 194 Å². The number of H-pyrrole nitrogens is 1. The Hall–Kier alpha value is -6.72. The molecule has 0 spiro atoms. The van der Waals surface area contributed by atoms with Crippen LogP contribution in [0.2, 0.25) is 0 Å². The zero-order chi connectivity index (χ0) is 42.8. The molecule has 2 aliphatic rings. The highest BCUT2D eigenvalue weighted by Gasteiger charge is 2.56. The van der Waals surface area contributed by atoms with Crippen LogP contribution in [0.1, 0.15) is 50.1 Å². The number of aromatic nitrogens is 4. The van der Waals surface area contributed by atoms with Crippen LogP contribution in [0.25, 0.3) is 11.2 Å². The largest absolute Gasteiger partial charge is 0.497 e. The normalized spacial score (nSPS) is 19.5. The summed E-state index contributed by atoms with van der Waals surface area (Å²) in [6, 6.07) is 30.7. The predicted octanol–water partition coefficient (Wildman–Crippen LogP) is 4.08. The molecule has 5 atom stereocenters. The van der Waals surface area contributed by atoms with Crippen molar-refractivity contribution in [3.05, 3.63) is 148 Å². The lowest BCUT2D eigenvalue weighted by Gasteiger charge is -2.43. The number of methoxy groups -OCH3 is 2. The van der Waals surface area contributed by atoms with E-state index in [-0.39, 0.29) is 36.7 Å². The fourth-order valence-corrected chi connectivity index (χ4v) is 8.22. The summed E-state index contributed by atoms with van der Waals surface area (Å²) in [5.41, 5.74) is 0.862. The number of aliphatic hydroxyl groups excluding tert-OH is 2. The lowest BCUT2D eigenvalue weighted by molar-refractivity contribution is -0.0992. The minimum Gasteiger partial charge on any atom is -0.497 e. The van der Waals surface area contributed by atoms with Gasteiger partial charge in [-0.05, 0) is 59.5 Å². The number of amides is 2. The third-order valence-corrected chi connectivity index (χ3v) is 11.1. The Bertz CT molecular complexity index is 2530. The smallest absolute Gasteiger partial charge is 0.280 e. The number of rotatable bonds is 15. The second kappa shape index (κ2) is 17.1. The van der Waals surface area contributed by atoms with Gasteiger partial charge < -0.3 is 34.1 Å². The summed E-state index contributed by atoms with van der Waals surface area (Å²) in [5.74, 6) is 0.419. The van der Waals surface area contributed by atoms with Crippen LogP contribution < -0.4 is 15.0 Å². The first-order chi connectivity index (χ1) is 29.6. The highest BCUT2D eigenvalue weighted by atomic mass is 16.6. The summed E-state index contributed by atoms with van der Waals surface area (Å²) < 4.78 is 25.7. The second-order valence-corrected chi connectivity index (χ2v) is 15.0. The Morgan fingerprint density at radius 2 is 1.44 bits per heavy atom. The summed E-state index contributed by atoms with van der Waals surface area (Å²) in [6.07, 6.45) is -3.67. The Labute approximate surface area is 350 Å². The second-order valence-electron chi connectivity index (χ2n) is 15.0. The number of fused-ring (bicyclic) bond motifs is 2. The van der Waals surface area contributed by atoms with Crippen molar-refractivity contribution in [3.63, 3.8) is 0 Å². The highest BCUT2D eigenvalue weighted by Crippen LogP contribution is 2.48. The van der Waals surface area contributed by atoms with Crippen molar-refractivity contribution in [2.24, 2.45) is 4.99 Å². The highest BCUT2D eigenvalue weighted by molar-refractivity contribution is 6.21. The van der Waals surface area contributed by atoms with Gasteiger partial charge in [0, 0.05) is 27.2 Å². The zero-order valence-corrected chi connectivity index (χ0v) is 33.9. The minimum atomic E-state index is -1.51. The molecule has 0 aliphatic carbocycles. The number of aliphatic imine (C=N–C) groups is 1. The average Bonchev–Trinajstić information content (AvgIpc) is 3.93. The Balaban J connectivity index is 1.20. The number of aliphatic hydroxyl groups is 2. The van der Waals surface area contributed by atoms with Crippen LogP contribution in [-0.2, 0) is 14.9 Å². The molecule has 1 fully saturated rings. The van der Waals surface area contributed by atoms with Gasteiger partial charge in [0.15, 0.2) is 17.4 Å². The van der Waals surface area contributed by atoms with E-state index in [1.807, 2.05) is 54.6 Å². The summed E-state index contributed by atoms with van der Waals surface area (Å²) in [5, 5.41) is 25.6. The number of nitrogens with one attached hydrogen (secondary N) is 1. The molecule has 314 valence electrons. The predicted molar refractivity (Wildman–Crippen MR) is 224 cm³/mol. The maximum absolute atomic E-state index is 13.3. The molecule has 6 aromatic rings. The molecule has 3 N–H and O–H groups in total. The van der Waals surface area contributed by atoms with Crippen molar-refractivity contribution in [3.8, 4) is 11.5 Å². The monoisotopic (exact) mass is 827 g/mol. The molecule has 0 bridgehead atoms.